The van der Waals surface area contributed by atoms with Crippen LogP contribution in [0.5, 0.6) is 0 Å². The number of nitrogen functional groups attached to an aromatic ring is 1. The molecule has 2 unspecified atom stereocenters. The molecule has 1 saturated carbocycles. The molecule has 0 spiro atoms. The maximum Gasteiger partial charge on any atom is 0.410 e. The first-order valence-corrected chi connectivity index (χ1v) is 14.8. The van der Waals surface area contributed by atoms with Gasteiger partial charge in [0.05, 0.1) is 6.33 Å². The Morgan fingerprint density at radius 2 is 1.93 bits per heavy atom. The number of aliphatic hydroxyl groups excluding tert-OH is 2. The zero-order valence-corrected chi connectivity index (χ0v) is 24.0. The van der Waals surface area contributed by atoms with Gasteiger partial charge in [0, 0.05) is 32.1 Å². The molecule has 14 nitrogen and oxygen atoms in total. The predicted molar refractivity (Wildman–Crippen MR) is 152 cm³/mol. The van der Waals surface area contributed by atoms with Crippen molar-refractivity contribution in [1.82, 2.24) is 35.1 Å². The molecule has 3 aliphatic heterocycles. The Morgan fingerprint density at radius 3 is 2.62 bits per heavy atom. The van der Waals surface area contributed by atoms with Crippen LogP contribution in [0.2, 0.25) is 0 Å². The van der Waals surface area contributed by atoms with Crippen molar-refractivity contribution in [2.45, 2.75) is 89.1 Å². The van der Waals surface area contributed by atoms with Gasteiger partial charge in [-0.25, -0.2) is 19.7 Å². The lowest BCUT2D eigenvalue weighted by Crippen LogP contribution is -2.43. The van der Waals surface area contributed by atoms with Gasteiger partial charge in [-0.1, -0.05) is 19.8 Å². The van der Waals surface area contributed by atoms with Crippen molar-refractivity contribution < 1.29 is 29.3 Å². The third-order valence-corrected chi connectivity index (χ3v) is 7.89. The first-order chi connectivity index (χ1) is 20.4. The SMILES string of the molecule is CC.Nc1nc(C#CCC2CCN(C(=O)OC3CCNC3)CC2)nc2c1ncn2[C@@H]1O[C@H](C(=O)NC2CC2)C(O)[C@@H]1O. The highest BCUT2D eigenvalue weighted by Gasteiger charge is 2.48. The lowest BCUT2D eigenvalue weighted by Gasteiger charge is -2.31. The second-order valence-electron chi connectivity index (χ2n) is 10.9. The lowest BCUT2D eigenvalue weighted by atomic mass is 9.94. The quantitative estimate of drug-likeness (QED) is 0.304. The molecular weight excluding hydrogens is 544 g/mol. The van der Waals surface area contributed by atoms with Crippen molar-refractivity contribution >= 4 is 29.0 Å². The van der Waals surface area contributed by atoms with Crippen LogP contribution in [0.1, 0.15) is 64.4 Å². The summed E-state index contributed by atoms with van der Waals surface area (Å²) in [5.41, 5.74) is 6.70. The highest BCUT2D eigenvalue weighted by atomic mass is 16.6. The number of ether oxygens (including phenoxy) is 2. The summed E-state index contributed by atoms with van der Waals surface area (Å²) in [6, 6.07) is 0.0886. The van der Waals surface area contributed by atoms with E-state index in [9.17, 15) is 19.8 Å². The van der Waals surface area contributed by atoms with E-state index in [0.717, 1.165) is 38.6 Å². The van der Waals surface area contributed by atoms with E-state index < -0.39 is 30.4 Å². The van der Waals surface area contributed by atoms with Gasteiger partial charge in [-0.05, 0) is 50.5 Å². The van der Waals surface area contributed by atoms with Gasteiger partial charge < -0.3 is 41.0 Å². The highest BCUT2D eigenvalue weighted by Crippen LogP contribution is 2.33. The monoisotopic (exact) mass is 584 g/mol. The summed E-state index contributed by atoms with van der Waals surface area (Å²) in [5, 5.41) is 27.1. The molecule has 42 heavy (non-hydrogen) atoms. The van der Waals surface area contributed by atoms with Crippen molar-refractivity contribution in [2.75, 3.05) is 31.9 Å². The Labute approximate surface area is 244 Å². The van der Waals surface area contributed by atoms with Crippen LogP contribution in [-0.4, -0.2) is 103 Å². The summed E-state index contributed by atoms with van der Waals surface area (Å²) < 4.78 is 12.8. The third-order valence-electron chi connectivity index (χ3n) is 7.89. The second kappa shape index (κ2) is 13.2. The van der Waals surface area contributed by atoms with Crippen LogP contribution in [-0.2, 0) is 14.3 Å². The van der Waals surface area contributed by atoms with Crippen LogP contribution in [0.3, 0.4) is 0 Å². The van der Waals surface area contributed by atoms with Crippen molar-refractivity contribution in [3.8, 4) is 11.8 Å². The van der Waals surface area contributed by atoms with E-state index in [1.54, 1.807) is 4.90 Å². The fourth-order valence-corrected chi connectivity index (χ4v) is 5.34. The summed E-state index contributed by atoms with van der Waals surface area (Å²) in [6.45, 7) is 6.86. The van der Waals surface area contributed by atoms with Crippen LogP contribution in [0.25, 0.3) is 11.2 Å². The average Bonchev–Trinajstić information content (AvgIpc) is 3.34. The Bertz CT molecular complexity index is 1320. The molecule has 0 aromatic carbocycles. The normalized spacial score (nSPS) is 27.6. The van der Waals surface area contributed by atoms with Gasteiger partial charge in [0.15, 0.2) is 23.8 Å². The smallest absolute Gasteiger partial charge is 0.410 e. The molecule has 6 rings (SSSR count). The Hall–Kier alpha value is -3.51. The van der Waals surface area contributed by atoms with Crippen LogP contribution in [0.4, 0.5) is 10.6 Å². The average molecular weight is 585 g/mol. The highest BCUT2D eigenvalue weighted by molar-refractivity contribution is 5.83. The van der Waals surface area contributed by atoms with Gasteiger partial charge in [-0.2, -0.15) is 0 Å². The Morgan fingerprint density at radius 1 is 1.17 bits per heavy atom. The molecule has 3 saturated heterocycles. The molecule has 0 bridgehead atoms. The number of nitrogens with one attached hydrogen (secondary N) is 2. The fraction of sp³-hybridized carbons (Fsp3) is 0.679. The van der Waals surface area contributed by atoms with Crippen LogP contribution in [0.15, 0.2) is 6.33 Å². The predicted octanol–water partition coefficient (Wildman–Crippen LogP) is 0.285. The molecular formula is C28H40N8O6. The maximum atomic E-state index is 12.5. The van der Waals surface area contributed by atoms with Crippen molar-refractivity contribution in [3.63, 3.8) is 0 Å². The van der Waals surface area contributed by atoms with Gasteiger partial charge in [0.1, 0.15) is 23.8 Å². The van der Waals surface area contributed by atoms with Crippen molar-refractivity contribution in [2.24, 2.45) is 5.92 Å². The van der Waals surface area contributed by atoms with Crippen LogP contribution in [0, 0.1) is 17.8 Å². The number of carbonyl (C=O) groups excluding carboxylic acids is 2. The van der Waals surface area contributed by atoms with E-state index in [0.29, 0.717) is 37.5 Å². The number of carbonyl (C=O) groups is 2. The maximum absolute atomic E-state index is 12.5. The number of imidazole rings is 1. The molecule has 228 valence electrons. The van der Waals surface area contributed by atoms with E-state index in [-0.39, 0.29) is 35.5 Å². The number of aliphatic hydroxyl groups is 2. The number of nitrogens with two attached hydrogens (primary N) is 1. The van der Waals surface area contributed by atoms with Gasteiger partial charge in [0.25, 0.3) is 5.91 Å². The number of piperidine rings is 1. The second-order valence-corrected chi connectivity index (χ2v) is 10.9. The lowest BCUT2D eigenvalue weighted by molar-refractivity contribution is -0.137. The van der Waals surface area contributed by atoms with Gasteiger partial charge in [-0.3, -0.25) is 9.36 Å². The third kappa shape index (κ3) is 6.59. The first-order valence-electron chi connectivity index (χ1n) is 14.8. The molecule has 4 fully saturated rings. The fourth-order valence-electron chi connectivity index (χ4n) is 5.34. The minimum atomic E-state index is -1.41. The van der Waals surface area contributed by atoms with Crippen molar-refractivity contribution in [3.05, 3.63) is 12.2 Å². The topological polar surface area (TPSA) is 190 Å². The number of likely N-dealkylation sites (tertiary alicyclic amines) is 1. The number of nitrogens with zero attached hydrogens (tertiary/aromatic N) is 5. The van der Waals surface area contributed by atoms with Crippen LogP contribution < -0.4 is 16.4 Å². The standard InChI is InChI=1S/C26H34N8O6.C2H6/c27-22-18-23(34(13-29-18)25-20(36)19(35)21(40-25)24(37)30-15-4-5-15)32-17(31-22)3-1-2-14-7-10-33(11-8-14)26(38)39-16-6-9-28-12-16;1-2/h13-16,19-21,25,28,35-36H,2,4-12H2,(H,30,37)(H2,27,31,32);1-2H3/t16?,19?,20-,21-,25+;/m0./s1. The van der Waals surface area contributed by atoms with E-state index >= 15 is 0 Å². The van der Waals surface area contributed by atoms with Crippen LogP contribution >= 0.6 is 0 Å². The zero-order valence-electron chi connectivity index (χ0n) is 24.0. The summed E-state index contributed by atoms with van der Waals surface area (Å²) in [4.78, 5) is 39.6. The number of hydrogen-bond acceptors (Lipinski definition) is 11. The first kappa shape index (κ1) is 30.0. The van der Waals surface area contributed by atoms with Gasteiger partial charge in [0.2, 0.25) is 5.82 Å². The number of fused-ring (bicyclic) bond motifs is 1. The Balaban J connectivity index is 0.00000173. The summed E-state index contributed by atoms with van der Waals surface area (Å²) in [7, 11) is 0. The van der Waals surface area contributed by atoms with E-state index in [1.807, 2.05) is 13.8 Å². The molecule has 2 amide bonds. The van der Waals surface area contributed by atoms with Gasteiger partial charge in [-0.15, -0.1) is 0 Å². The van der Waals surface area contributed by atoms with E-state index in [4.69, 9.17) is 15.2 Å². The molecule has 5 heterocycles. The number of hydrogen-bond donors (Lipinski definition) is 5. The van der Waals surface area contributed by atoms with E-state index in [2.05, 4.69) is 37.4 Å². The molecule has 2 aromatic rings. The van der Waals surface area contributed by atoms with Gasteiger partial charge >= 0.3 is 6.09 Å². The minimum Gasteiger partial charge on any atom is -0.445 e. The van der Waals surface area contributed by atoms with E-state index in [1.165, 1.54) is 10.9 Å². The molecule has 1 aliphatic carbocycles. The molecule has 5 atom stereocenters. The molecule has 2 aromatic heterocycles. The summed E-state index contributed by atoms with van der Waals surface area (Å²) >= 11 is 0. The largest absolute Gasteiger partial charge is 0.445 e. The summed E-state index contributed by atoms with van der Waals surface area (Å²) in [5.74, 6) is 6.28. The van der Waals surface area contributed by atoms with Crippen molar-refractivity contribution in [1.29, 1.82) is 0 Å². The molecule has 0 radical (unpaired) electrons. The minimum absolute atomic E-state index is 0.0426. The number of amides is 2. The molecule has 6 N–H and O–H groups in total. The molecule has 14 heteroatoms. The summed E-state index contributed by atoms with van der Waals surface area (Å²) in [6.07, 6.45) is 0.904. The number of aromatic nitrogens is 4. The zero-order chi connectivity index (χ0) is 29.8. The Kier molecular flexibility index (Phi) is 9.42. The molecule has 4 aliphatic rings. The number of rotatable bonds is 5. The number of anilines is 1.